The molecule has 21 heavy (non-hydrogen) atoms. The lowest BCUT2D eigenvalue weighted by Crippen LogP contribution is -2.39. The summed E-state index contributed by atoms with van der Waals surface area (Å²) in [5.74, 6) is -1.09. The van der Waals surface area contributed by atoms with Crippen molar-refractivity contribution in [2.45, 2.75) is 20.3 Å². The number of hydrogen-bond donors (Lipinski definition) is 2. The molecular formula is C17H19NO3. The summed E-state index contributed by atoms with van der Waals surface area (Å²) in [7, 11) is 0. The second kappa shape index (κ2) is 5.95. The number of fused-ring (bicyclic) bond motifs is 1. The van der Waals surface area contributed by atoms with Crippen LogP contribution < -0.4 is 5.32 Å². The topological polar surface area (TPSA) is 66.4 Å². The predicted molar refractivity (Wildman–Crippen MR) is 82.1 cm³/mol. The van der Waals surface area contributed by atoms with E-state index in [1.54, 1.807) is 13.8 Å². The summed E-state index contributed by atoms with van der Waals surface area (Å²) in [6.45, 7) is 3.30. The highest BCUT2D eigenvalue weighted by Gasteiger charge is 2.27. The number of carboxylic acid groups (broad SMARTS) is 1. The summed E-state index contributed by atoms with van der Waals surface area (Å²) in [4.78, 5) is 23.0. The number of carbonyl (C=O) groups is 2. The average Bonchev–Trinajstić information content (AvgIpc) is 2.45. The van der Waals surface area contributed by atoms with Gasteiger partial charge in [-0.05, 0) is 30.2 Å². The molecule has 4 nitrogen and oxygen atoms in total. The molecule has 0 heterocycles. The average molecular weight is 285 g/mol. The summed E-state index contributed by atoms with van der Waals surface area (Å²) in [6.07, 6.45) is 0.247. The largest absolute Gasteiger partial charge is 0.481 e. The van der Waals surface area contributed by atoms with Gasteiger partial charge < -0.3 is 10.4 Å². The van der Waals surface area contributed by atoms with Crippen LogP contribution >= 0.6 is 0 Å². The first kappa shape index (κ1) is 15.0. The molecule has 0 aliphatic heterocycles. The molecule has 2 N–H and O–H groups in total. The smallest absolute Gasteiger partial charge is 0.310 e. The van der Waals surface area contributed by atoms with Gasteiger partial charge in [0.1, 0.15) is 0 Å². The van der Waals surface area contributed by atoms with Gasteiger partial charge in [0.25, 0.3) is 0 Å². The summed E-state index contributed by atoms with van der Waals surface area (Å²) in [5, 5.41) is 13.9. The number of hydrogen-bond acceptors (Lipinski definition) is 2. The maximum Gasteiger partial charge on any atom is 0.310 e. The first-order valence-electron chi connectivity index (χ1n) is 6.87. The van der Waals surface area contributed by atoms with Crippen LogP contribution in [0.3, 0.4) is 0 Å². The predicted octanol–water partition coefficient (Wildman–Crippen LogP) is 2.61. The number of rotatable bonds is 5. The van der Waals surface area contributed by atoms with E-state index in [0.717, 1.165) is 16.3 Å². The molecule has 0 atom stereocenters. The van der Waals surface area contributed by atoms with Crippen LogP contribution in [0.25, 0.3) is 10.8 Å². The normalized spacial score (nSPS) is 11.3. The van der Waals surface area contributed by atoms with Crippen molar-refractivity contribution < 1.29 is 14.7 Å². The van der Waals surface area contributed by atoms with Crippen molar-refractivity contribution >= 4 is 22.6 Å². The maximum absolute atomic E-state index is 12.0. The second-order valence-corrected chi connectivity index (χ2v) is 5.78. The lowest BCUT2D eigenvalue weighted by molar-refractivity contribution is -0.146. The van der Waals surface area contributed by atoms with Crippen LogP contribution in [-0.4, -0.2) is 23.5 Å². The van der Waals surface area contributed by atoms with Crippen molar-refractivity contribution in [1.29, 1.82) is 0 Å². The maximum atomic E-state index is 12.0. The van der Waals surface area contributed by atoms with E-state index in [9.17, 15) is 9.59 Å². The Labute approximate surface area is 123 Å². The highest BCUT2D eigenvalue weighted by atomic mass is 16.4. The minimum atomic E-state index is -0.964. The third-order valence-corrected chi connectivity index (χ3v) is 3.54. The SMILES string of the molecule is CC(C)(CNC(=O)Cc1cccc2ccccc12)C(=O)O. The summed E-state index contributed by atoms with van der Waals surface area (Å²) >= 11 is 0. The Bertz CT molecular complexity index is 671. The van der Waals surface area contributed by atoms with Crippen molar-refractivity contribution in [3.05, 3.63) is 48.0 Å². The highest BCUT2D eigenvalue weighted by molar-refractivity contribution is 5.90. The zero-order valence-corrected chi connectivity index (χ0v) is 12.2. The standard InChI is InChI=1S/C17H19NO3/c1-17(2,16(20)21)11-18-15(19)10-13-8-5-7-12-6-3-4-9-14(12)13/h3-9H,10-11H2,1-2H3,(H,18,19)(H,20,21). The van der Waals surface area contributed by atoms with E-state index >= 15 is 0 Å². The number of benzene rings is 2. The fraction of sp³-hybridized carbons (Fsp3) is 0.294. The van der Waals surface area contributed by atoms with E-state index in [-0.39, 0.29) is 18.9 Å². The molecule has 0 saturated carbocycles. The minimum absolute atomic E-state index is 0.117. The van der Waals surface area contributed by atoms with E-state index in [4.69, 9.17) is 5.11 Å². The number of carboxylic acids is 1. The molecule has 0 bridgehead atoms. The van der Waals surface area contributed by atoms with Gasteiger partial charge in [-0.3, -0.25) is 9.59 Å². The van der Waals surface area contributed by atoms with Crippen LogP contribution in [0.1, 0.15) is 19.4 Å². The monoisotopic (exact) mass is 285 g/mol. The Balaban J connectivity index is 2.07. The third kappa shape index (κ3) is 3.60. The van der Waals surface area contributed by atoms with Crippen LogP contribution in [0.2, 0.25) is 0 Å². The fourth-order valence-electron chi connectivity index (χ4n) is 2.08. The Morgan fingerprint density at radius 3 is 2.48 bits per heavy atom. The van der Waals surface area contributed by atoms with Crippen molar-refractivity contribution in [3.63, 3.8) is 0 Å². The molecule has 0 unspecified atom stereocenters. The zero-order valence-electron chi connectivity index (χ0n) is 12.2. The lowest BCUT2D eigenvalue weighted by Gasteiger charge is -2.19. The lowest BCUT2D eigenvalue weighted by atomic mass is 9.93. The number of amides is 1. The molecule has 0 spiro atoms. The fourth-order valence-corrected chi connectivity index (χ4v) is 2.08. The summed E-state index contributed by atoms with van der Waals surface area (Å²) in [5.41, 5.74) is -0.0206. The molecule has 0 aliphatic rings. The van der Waals surface area contributed by atoms with Crippen LogP contribution in [0.15, 0.2) is 42.5 Å². The molecule has 0 radical (unpaired) electrons. The van der Waals surface area contributed by atoms with Gasteiger partial charge in [-0.2, -0.15) is 0 Å². The zero-order chi connectivity index (χ0) is 15.5. The van der Waals surface area contributed by atoms with Gasteiger partial charge >= 0.3 is 5.97 Å². The summed E-state index contributed by atoms with van der Waals surface area (Å²) < 4.78 is 0. The molecule has 0 aliphatic carbocycles. The van der Waals surface area contributed by atoms with Gasteiger partial charge in [-0.25, -0.2) is 0 Å². The first-order chi connectivity index (χ1) is 9.90. The van der Waals surface area contributed by atoms with E-state index in [0.29, 0.717) is 0 Å². The Morgan fingerprint density at radius 1 is 1.10 bits per heavy atom. The number of carbonyl (C=O) groups excluding carboxylic acids is 1. The number of nitrogens with one attached hydrogen (secondary N) is 1. The molecule has 2 aromatic rings. The van der Waals surface area contributed by atoms with Gasteiger partial charge in [0.15, 0.2) is 0 Å². The van der Waals surface area contributed by atoms with Gasteiger partial charge in [0, 0.05) is 6.54 Å². The minimum Gasteiger partial charge on any atom is -0.481 e. The van der Waals surface area contributed by atoms with E-state index in [1.165, 1.54) is 0 Å². The molecular weight excluding hydrogens is 266 g/mol. The molecule has 4 heteroatoms. The molecule has 0 saturated heterocycles. The Hall–Kier alpha value is -2.36. The third-order valence-electron chi connectivity index (χ3n) is 3.54. The Morgan fingerprint density at radius 2 is 1.76 bits per heavy atom. The van der Waals surface area contributed by atoms with Gasteiger partial charge in [-0.15, -0.1) is 0 Å². The molecule has 1 amide bonds. The molecule has 2 rings (SSSR count). The summed E-state index contributed by atoms with van der Waals surface area (Å²) in [6, 6.07) is 13.7. The molecule has 2 aromatic carbocycles. The first-order valence-corrected chi connectivity index (χ1v) is 6.87. The van der Waals surface area contributed by atoms with Crippen molar-refractivity contribution in [3.8, 4) is 0 Å². The van der Waals surface area contributed by atoms with Crippen molar-refractivity contribution in [2.75, 3.05) is 6.54 Å². The van der Waals surface area contributed by atoms with Crippen LogP contribution in [-0.2, 0) is 16.0 Å². The second-order valence-electron chi connectivity index (χ2n) is 5.78. The molecule has 0 aromatic heterocycles. The van der Waals surface area contributed by atoms with Gasteiger partial charge in [0.2, 0.25) is 5.91 Å². The van der Waals surface area contributed by atoms with E-state index in [2.05, 4.69) is 5.32 Å². The molecule has 0 fully saturated rings. The van der Waals surface area contributed by atoms with Crippen LogP contribution in [0.4, 0.5) is 0 Å². The van der Waals surface area contributed by atoms with Gasteiger partial charge in [0.05, 0.1) is 11.8 Å². The van der Waals surface area contributed by atoms with Crippen LogP contribution in [0, 0.1) is 5.41 Å². The molecule has 110 valence electrons. The van der Waals surface area contributed by atoms with E-state index in [1.807, 2.05) is 42.5 Å². The number of aliphatic carboxylic acids is 1. The van der Waals surface area contributed by atoms with E-state index < -0.39 is 11.4 Å². The van der Waals surface area contributed by atoms with Gasteiger partial charge in [-0.1, -0.05) is 42.5 Å². The van der Waals surface area contributed by atoms with Crippen LogP contribution in [0.5, 0.6) is 0 Å². The van der Waals surface area contributed by atoms with Crippen molar-refractivity contribution in [1.82, 2.24) is 5.32 Å². The van der Waals surface area contributed by atoms with Crippen molar-refractivity contribution in [2.24, 2.45) is 5.41 Å². The Kier molecular flexibility index (Phi) is 4.26. The highest BCUT2D eigenvalue weighted by Crippen LogP contribution is 2.19. The quantitative estimate of drug-likeness (QED) is 0.887.